The second-order valence-corrected chi connectivity index (χ2v) is 8.80. The standard InChI is InChI=1S/C20H25FN2.C4H6O2.C3H8.CH4O/c1-13-6-4-8-16(10-13)17-9-5-7-15(14(17)2)11-19-20(22)18(21)12-23(19)3;5-3-4-1-2-6-4;1-3-2;1-2/h4-10,18-20H,11-12,22H2,1-3H3;3-4H,1-2H2;3H2,1-2H3;2H,1H3. The van der Waals surface area contributed by atoms with Crippen molar-refractivity contribution in [3.8, 4) is 11.1 Å². The number of aldehydes is 1. The van der Waals surface area contributed by atoms with E-state index in [0.29, 0.717) is 6.54 Å². The molecule has 2 saturated heterocycles. The van der Waals surface area contributed by atoms with Crippen LogP contribution in [0, 0.1) is 13.8 Å². The minimum absolute atomic E-state index is 0.0648. The molecular weight excluding hydrogens is 431 g/mol. The molecule has 2 heterocycles. The van der Waals surface area contributed by atoms with Gasteiger partial charge in [-0.25, -0.2) is 4.39 Å². The van der Waals surface area contributed by atoms with Crippen LogP contribution in [0.4, 0.5) is 4.39 Å². The highest BCUT2D eigenvalue weighted by molar-refractivity contribution is 5.69. The predicted molar refractivity (Wildman–Crippen MR) is 139 cm³/mol. The first kappa shape index (κ1) is 29.9. The van der Waals surface area contributed by atoms with E-state index in [1.165, 1.54) is 34.2 Å². The van der Waals surface area contributed by atoms with Crippen molar-refractivity contribution >= 4 is 6.29 Å². The van der Waals surface area contributed by atoms with Crippen LogP contribution in [0.25, 0.3) is 11.1 Å². The monoisotopic (exact) mass is 474 g/mol. The molecule has 0 bridgehead atoms. The van der Waals surface area contributed by atoms with Crippen molar-refractivity contribution in [3.63, 3.8) is 0 Å². The fourth-order valence-corrected chi connectivity index (χ4v) is 3.98. The molecule has 6 heteroatoms. The molecule has 0 aromatic heterocycles. The van der Waals surface area contributed by atoms with Crippen molar-refractivity contribution in [2.75, 3.05) is 27.3 Å². The number of ether oxygens (including phenoxy) is 1. The maximum Gasteiger partial charge on any atom is 0.148 e. The van der Waals surface area contributed by atoms with Crippen LogP contribution in [-0.2, 0) is 16.0 Å². The molecular formula is C28H43FN2O3. The van der Waals surface area contributed by atoms with Gasteiger partial charge in [-0.2, -0.15) is 0 Å². The number of nitrogens with zero attached hydrogens (tertiary/aromatic N) is 1. The molecule has 4 unspecified atom stereocenters. The zero-order valence-electron chi connectivity index (χ0n) is 21.6. The van der Waals surface area contributed by atoms with E-state index >= 15 is 0 Å². The molecule has 4 rings (SSSR count). The number of hydrogen-bond acceptors (Lipinski definition) is 5. The van der Waals surface area contributed by atoms with Crippen molar-refractivity contribution in [2.24, 2.45) is 5.73 Å². The maximum atomic E-state index is 13.8. The van der Waals surface area contributed by atoms with E-state index in [0.717, 1.165) is 32.8 Å². The van der Waals surface area contributed by atoms with Gasteiger partial charge in [-0.1, -0.05) is 68.3 Å². The summed E-state index contributed by atoms with van der Waals surface area (Å²) in [7, 11) is 2.96. The van der Waals surface area contributed by atoms with E-state index in [1.807, 2.05) is 11.9 Å². The van der Waals surface area contributed by atoms with E-state index in [9.17, 15) is 9.18 Å². The second kappa shape index (κ2) is 15.7. The summed E-state index contributed by atoms with van der Waals surface area (Å²) in [6.07, 6.45) is 2.81. The number of halogens is 1. The molecule has 3 N–H and O–H groups in total. The van der Waals surface area contributed by atoms with Gasteiger partial charge in [-0.05, 0) is 49.6 Å². The van der Waals surface area contributed by atoms with Crippen molar-refractivity contribution in [3.05, 3.63) is 59.2 Å². The van der Waals surface area contributed by atoms with Crippen LogP contribution >= 0.6 is 0 Å². The third-order valence-corrected chi connectivity index (χ3v) is 5.98. The number of aliphatic hydroxyl groups is 1. The highest BCUT2D eigenvalue weighted by Crippen LogP contribution is 2.29. The SMILES string of the molecule is CCC.CO.Cc1cccc(-c2cccc(CC3C(N)C(F)CN3C)c2C)c1.O=CC1CCO1. The highest BCUT2D eigenvalue weighted by atomic mass is 19.1. The summed E-state index contributed by atoms with van der Waals surface area (Å²) in [5.41, 5.74) is 12.3. The Hall–Kier alpha value is -2.12. The third-order valence-electron chi connectivity index (χ3n) is 5.98. The van der Waals surface area contributed by atoms with Gasteiger partial charge >= 0.3 is 0 Å². The number of likely N-dealkylation sites (N-methyl/N-ethyl adjacent to an activating group) is 1. The van der Waals surface area contributed by atoms with Crippen molar-refractivity contribution in [1.82, 2.24) is 4.90 Å². The van der Waals surface area contributed by atoms with E-state index in [2.05, 4.69) is 70.2 Å². The van der Waals surface area contributed by atoms with E-state index in [4.69, 9.17) is 15.6 Å². The van der Waals surface area contributed by atoms with Gasteiger partial charge in [0.1, 0.15) is 18.6 Å². The zero-order valence-corrected chi connectivity index (χ0v) is 21.6. The summed E-state index contributed by atoms with van der Waals surface area (Å²) in [6.45, 7) is 9.71. The maximum absolute atomic E-state index is 13.8. The zero-order chi connectivity index (χ0) is 25.7. The summed E-state index contributed by atoms with van der Waals surface area (Å²) in [5.74, 6) is 0. The number of likely N-dealkylation sites (tertiary alicyclic amines) is 1. The molecule has 0 amide bonds. The van der Waals surface area contributed by atoms with Crippen LogP contribution in [-0.4, -0.2) is 68.0 Å². The summed E-state index contributed by atoms with van der Waals surface area (Å²) in [4.78, 5) is 11.7. The fraction of sp³-hybridized carbons (Fsp3) is 0.536. The molecule has 0 radical (unpaired) electrons. The molecule has 2 aromatic rings. The van der Waals surface area contributed by atoms with Crippen molar-refractivity contribution < 1.29 is 19.0 Å². The number of carbonyl (C=O) groups excluding carboxylic acids is 1. The Morgan fingerprint density at radius 2 is 1.79 bits per heavy atom. The van der Waals surface area contributed by atoms with Gasteiger partial charge in [-0.15, -0.1) is 0 Å². The van der Waals surface area contributed by atoms with Gasteiger partial charge in [0, 0.05) is 26.1 Å². The number of aryl methyl sites for hydroxylation is 1. The molecule has 2 fully saturated rings. The number of aliphatic hydroxyl groups excluding tert-OH is 1. The fourth-order valence-electron chi connectivity index (χ4n) is 3.98. The Kier molecular flexibility index (Phi) is 13.8. The number of carbonyl (C=O) groups is 1. The van der Waals surface area contributed by atoms with E-state index < -0.39 is 12.2 Å². The van der Waals surface area contributed by atoms with Crippen LogP contribution in [0.5, 0.6) is 0 Å². The van der Waals surface area contributed by atoms with Crippen LogP contribution in [0.3, 0.4) is 0 Å². The average molecular weight is 475 g/mol. The van der Waals surface area contributed by atoms with Crippen molar-refractivity contribution in [2.45, 2.75) is 71.3 Å². The molecule has 34 heavy (non-hydrogen) atoms. The molecule has 2 aliphatic heterocycles. The van der Waals surface area contributed by atoms with Gasteiger partial charge in [0.25, 0.3) is 0 Å². The van der Waals surface area contributed by atoms with Gasteiger partial charge in [0.15, 0.2) is 0 Å². The minimum atomic E-state index is -0.926. The summed E-state index contributed by atoms with van der Waals surface area (Å²) in [5, 5.41) is 7.00. The molecule has 4 atom stereocenters. The quantitative estimate of drug-likeness (QED) is 0.639. The second-order valence-electron chi connectivity index (χ2n) is 8.80. The molecule has 0 spiro atoms. The lowest BCUT2D eigenvalue weighted by Crippen LogP contribution is -2.41. The number of hydrogen-bond donors (Lipinski definition) is 2. The molecule has 190 valence electrons. The number of nitrogens with two attached hydrogens (primary N) is 1. The Bertz CT molecular complexity index is 857. The van der Waals surface area contributed by atoms with Crippen LogP contribution in [0.15, 0.2) is 42.5 Å². The highest BCUT2D eigenvalue weighted by Gasteiger charge is 2.37. The lowest BCUT2D eigenvalue weighted by Gasteiger charge is -2.24. The average Bonchev–Trinajstić information content (AvgIpc) is 3.02. The molecule has 0 aliphatic carbocycles. The lowest BCUT2D eigenvalue weighted by atomic mass is 9.91. The third kappa shape index (κ3) is 8.58. The summed E-state index contributed by atoms with van der Waals surface area (Å²) >= 11 is 0. The largest absolute Gasteiger partial charge is 0.400 e. The normalized spacial score (nSPS) is 23.2. The number of rotatable bonds is 4. The molecule has 2 aliphatic rings. The van der Waals surface area contributed by atoms with Gasteiger partial charge < -0.3 is 20.4 Å². The van der Waals surface area contributed by atoms with Gasteiger partial charge in [-0.3, -0.25) is 4.90 Å². The first-order valence-electron chi connectivity index (χ1n) is 12.1. The molecule has 2 aromatic carbocycles. The van der Waals surface area contributed by atoms with Crippen LogP contribution < -0.4 is 5.73 Å². The topological polar surface area (TPSA) is 75.8 Å². The van der Waals surface area contributed by atoms with Crippen LogP contribution in [0.2, 0.25) is 0 Å². The first-order valence-corrected chi connectivity index (χ1v) is 12.1. The summed E-state index contributed by atoms with van der Waals surface area (Å²) in [6, 6.07) is 14.6. The Morgan fingerprint density at radius 1 is 1.18 bits per heavy atom. The number of alkyl halides is 1. The Labute approximate surface area is 205 Å². The lowest BCUT2D eigenvalue weighted by molar-refractivity contribution is -0.129. The van der Waals surface area contributed by atoms with Gasteiger partial charge in [0.2, 0.25) is 0 Å². The smallest absolute Gasteiger partial charge is 0.148 e. The molecule has 0 saturated carbocycles. The molecule has 5 nitrogen and oxygen atoms in total. The van der Waals surface area contributed by atoms with E-state index in [1.54, 1.807) is 0 Å². The Morgan fingerprint density at radius 3 is 2.24 bits per heavy atom. The minimum Gasteiger partial charge on any atom is -0.400 e. The van der Waals surface area contributed by atoms with Gasteiger partial charge in [0.05, 0.1) is 12.6 Å². The van der Waals surface area contributed by atoms with Crippen LogP contribution in [0.1, 0.15) is 43.4 Å². The number of benzene rings is 2. The van der Waals surface area contributed by atoms with Crippen molar-refractivity contribution in [1.29, 1.82) is 0 Å². The van der Waals surface area contributed by atoms with E-state index in [-0.39, 0.29) is 12.1 Å². The predicted octanol–water partition coefficient (Wildman–Crippen LogP) is 4.49. The Balaban J connectivity index is 0.000000439. The summed E-state index contributed by atoms with van der Waals surface area (Å²) < 4.78 is 18.6. The first-order chi connectivity index (χ1) is 16.3.